The minimum Gasteiger partial charge on any atom is -0.481 e. The van der Waals surface area contributed by atoms with Crippen molar-refractivity contribution in [3.05, 3.63) is 70.7 Å². The quantitative estimate of drug-likeness (QED) is 0.352. The van der Waals surface area contributed by atoms with Crippen LogP contribution in [0.2, 0.25) is 0 Å². The second kappa shape index (κ2) is 7.49. The molecule has 0 spiro atoms. The number of hydrogen-bond acceptors (Lipinski definition) is 4. The predicted octanol–water partition coefficient (Wildman–Crippen LogP) is 4.79. The molecular weight excluding hydrogens is 384 g/mol. The van der Waals surface area contributed by atoms with Gasteiger partial charge < -0.3 is 9.47 Å². The molecule has 0 amide bonds. The SMILES string of the molecule is CC(=O)c1ccccc1OC(=O)COc1ccc2ccccc2c1Br. The topological polar surface area (TPSA) is 52.6 Å². The number of ether oxygens (including phenoxy) is 2. The van der Waals surface area contributed by atoms with Crippen LogP contribution in [-0.4, -0.2) is 18.4 Å². The summed E-state index contributed by atoms with van der Waals surface area (Å²) >= 11 is 3.51. The van der Waals surface area contributed by atoms with Crippen molar-refractivity contribution >= 4 is 38.5 Å². The number of Topliss-reactive ketones (excluding diaryl/α,β-unsaturated/α-hetero) is 1. The first-order valence-corrected chi connectivity index (χ1v) is 8.46. The third-order valence-corrected chi connectivity index (χ3v) is 4.48. The summed E-state index contributed by atoms with van der Waals surface area (Å²) in [6, 6.07) is 18.2. The summed E-state index contributed by atoms with van der Waals surface area (Å²) in [4.78, 5) is 23.6. The van der Waals surface area contributed by atoms with Crippen molar-refractivity contribution in [1.82, 2.24) is 0 Å². The molecule has 3 aromatic carbocycles. The lowest BCUT2D eigenvalue weighted by atomic mass is 10.1. The van der Waals surface area contributed by atoms with Crippen LogP contribution in [0.5, 0.6) is 11.5 Å². The van der Waals surface area contributed by atoms with E-state index in [1.807, 2.05) is 30.3 Å². The van der Waals surface area contributed by atoms with Crippen molar-refractivity contribution in [1.29, 1.82) is 0 Å². The Morgan fingerprint density at radius 3 is 2.44 bits per heavy atom. The fourth-order valence-electron chi connectivity index (χ4n) is 2.46. The summed E-state index contributed by atoms with van der Waals surface area (Å²) in [6.07, 6.45) is 0. The first-order chi connectivity index (χ1) is 12.1. The fraction of sp³-hybridized carbons (Fsp3) is 0.100. The Balaban J connectivity index is 1.71. The Hall–Kier alpha value is -2.66. The van der Waals surface area contributed by atoms with Crippen LogP contribution in [0.15, 0.2) is 65.1 Å². The van der Waals surface area contributed by atoms with Gasteiger partial charge >= 0.3 is 5.97 Å². The van der Waals surface area contributed by atoms with Crippen LogP contribution in [-0.2, 0) is 4.79 Å². The maximum Gasteiger partial charge on any atom is 0.349 e. The Morgan fingerprint density at radius 2 is 1.64 bits per heavy atom. The van der Waals surface area contributed by atoms with Gasteiger partial charge in [-0.2, -0.15) is 0 Å². The maximum atomic E-state index is 12.1. The lowest BCUT2D eigenvalue weighted by Crippen LogP contribution is -2.19. The van der Waals surface area contributed by atoms with Gasteiger partial charge in [-0.25, -0.2) is 4.79 Å². The second-order valence-corrected chi connectivity index (χ2v) is 6.21. The zero-order valence-corrected chi connectivity index (χ0v) is 15.1. The van der Waals surface area contributed by atoms with E-state index in [2.05, 4.69) is 15.9 Å². The van der Waals surface area contributed by atoms with Gasteiger partial charge in [0.15, 0.2) is 12.4 Å². The minimum atomic E-state index is -0.575. The van der Waals surface area contributed by atoms with E-state index in [1.165, 1.54) is 6.92 Å². The zero-order chi connectivity index (χ0) is 17.8. The van der Waals surface area contributed by atoms with Gasteiger partial charge in [-0.15, -0.1) is 0 Å². The minimum absolute atomic E-state index is 0.165. The number of benzene rings is 3. The van der Waals surface area contributed by atoms with Crippen molar-refractivity contribution in [2.24, 2.45) is 0 Å². The summed E-state index contributed by atoms with van der Waals surface area (Å²) in [6.45, 7) is 1.17. The van der Waals surface area contributed by atoms with E-state index in [0.29, 0.717) is 11.3 Å². The van der Waals surface area contributed by atoms with Gasteiger partial charge in [0.25, 0.3) is 0 Å². The lowest BCUT2D eigenvalue weighted by molar-refractivity contribution is -0.136. The molecule has 0 atom stereocenters. The number of esters is 1. The van der Waals surface area contributed by atoms with E-state index < -0.39 is 5.97 Å². The Kier molecular flexibility index (Phi) is 5.14. The molecule has 5 heteroatoms. The molecule has 3 aromatic rings. The standard InChI is InChI=1S/C20H15BrO4/c1-13(22)15-7-4-5-9-17(15)25-19(23)12-24-18-11-10-14-6-2-3-8-16(14)20(18)21/h2-11H,12H2,1H3. The Morgan fingerprint density at radius 1 is 0.920 bits per heavy atom. The van der Waals surface area contributed by atoms with Crippen LogP contribution < -0.4 is 9.47 Å². The molecule has 126 valence electrons. The molecule has 3 rings (SSSR count). The predicted molar refractivity (Wildman–Crippen MR) is 99.2 cm³/mol. The number of carbonyl (C=O) groups excluding carboxylic acids is 2. The van der Waals surface area contributed by atoms with Crippen LogP contribution in [0.4, 0.5) is 0 Å². The number of rotatable bonds is 5. The average Bonchev–Trinajstić information content (AvgIpc) is 2.61. The average molecular weight is 399 g/mol. The largest absolute Gasteiger partial charge is 0.481 e. The van der Waals surface area contributed by atoms with Crippen LogP contribution in [0.1, 0.15) is 17.3 Å². The smallest absolute Gasteiger partial charge is 0.349 e. The second-order valence-electron chi connectivity index (χ2n) is 5.41. The van der Waals surface area contributed by atoms with Gasteiger partial charge in [0.05, 0.1) is 10.0 Å². The lowest BCUT2D eigenvalue weighted by Gasteiger charge is -2.11. The van der Waals surface area contributed by atoms with Crippen molar-refractivity contribution < 1.29 is 19.1 Å². The van der Waals surface area contributed by atoms with Crippen molar-refractivity contribution in [2.45, 2.75) is 6.92 Å². The monoisotopic (exact) mass is 398 g/mol. The molecule has 0 aliphatic rings. The van der Waals surface area contributed by atoms with E-state index in [0.717, 1.165) is 15.2 Å². The van der Waals surface area contributed by atoms with Crippen LogP contribution >= 0.6 is 15.9 Å². The number of carbonyl (C=O) groups is 2. The molecule has 25 heavy (non-hydrogen) atoms. The molecule has 0 bridgehead atoms. The molecule has 0 saturated heterocycles. The van der Waals surface area contributed by atoms with E-state index >= 15 is 0 Å². The number of hydrogen-bond donors (Lipinski definition) is 0. The summed E-state index contributed by atoms with van der Waals surface area (Å²) in [5, 5.41) is 2.06. The van der Waals surface area contributed by atoms with E-state index in [4.69, 9.17) is 9.47 Å². The van der Waals surface area contributed by atoms with Gasteiger partial charge in [-0.3, -0.25) is 4.79 Å². The first kappa shape index (κ1) is 17.2. The summed E-state index contributed by atoms with van der Waals surface area (Å²) in [5.41, 5.74) is 0.364. The van der Waals surface area contributed by atoms with E-state index in [1.54, 1.807) is 30.3 Å². The summed E-state index contributed by atoms with van der Waals surface area (Å²) in [7, 11) is 0. The van der Waals surface area contributed by atoms with Crippen molar-refractivity contribution in [2.75, 3.05) is 6.61 Å². The third-order valence-electron chi connectivity index (χ3n) is 3.66. The van der Waals surface area contributed by atoms with E-state index in [9.17, 15) is 9.59 Å². The van der Waals surface area contributed by atoms with Crippen molar-refractivity contribution in [3.8, 4) is 11.5 Å². The maximum absolute atomic E-state index is 12.1. The molecule has 0 fully saturated rings. The number of fused-ring (bicyclic) bond motifs is 1. The molecular formula is C20H15BrO4. The number of halogens is 1. The molecule has 0 unspecified atom stereocenters. The van der Waals surface area contributed by atoms with Gasteiger partial charge in [-0.05, 0) is 51.8 Å². The normalized spacial score (nSPS) is 10.5. The molecule has 0 heterocycles. The van der Waals surface area contributed by atoms with Gasteiger partial charge in [-0.1, -0.05) is 42.5 Å². The molecule has 0 saturated carbocycles. The number of para-hydroxylation sites is 1. The highest BCUT2D eigenvalue weighted by atomic mass is 79.9. The summed E-state index contributed by atoms with van der Waals surface area (Å²) < 4.78 is 11.6. The summed E-state index contributed by atoms with van der Waals surface area (Å²) in [5.74, 6) is 0.0482. The first-order valence-electron chi connectivity index (χ1n) is 7.67. The molecule has 4 nitrogen and oxygen atoms in total. The highest BCUT2D eigenvalue weighted by molar-refractivity contribution is 9.10. The highest BCUT2D eigenvalue weighted by Crippen LogP contribution is 2.33. The van der Waals surface area contributed by atoms with Gasteiger partial charge in [0.1, 0.15) is 11.5 Å². The van der Waals surface area contributed by atoms with Crippen LogP contribution in [0.25, 0.3) is 10.8 Å². The van der Waals surface area contributed by atoms with Gasteiger partial charge in [0, 0.05) is 0 Å². The molecule has 0 aliphatic carbocycles. The van der Waals surface area contributed by atoms with E-state index in [-0.39, 0.29) is 18.1 Å². The molecule has 0 radical (unpaired) electrons. The molecule has 0 N–H and O–H groups in total. The van der Waals surface area contributed by atoms with Gasteiger partial charge in [0.2, 0.25) is 0 Å². The highest BCUT2D eigenvalue weighted by Gasteiger charge is 2.13. The zero-order valence-electron chi connectivity index (χ0n) is 13.5. The Labute approximate surface area is 153 Å². The van der Waals surface area contributed by atoms with Crippen LogP contribution in [0, 0.1) is 0 Å². The van der Waals surface area contributed by atoms with Crippen molar-refractivity contribution in [3.63, 3.8) is 0 Å². The van der Waals surface area contributed by atoms with Crippen LogP contribution in [0.3, 0.4) is 0 Å². The molecule has 0 aromatic heterocycles. The molecule has 0 aliphatic heterocycles. The Bertz CT molecular complexity index is 949. The fourth-order valence-corrected chi connectivity index (χ4v) is 3.07. The number of ketones is 1. The third kappa shape index (κ3) is 3.88.